The highest BCUT2D eigenvalue weighted by Gasteiger charge is 2.19. The second-order valence-corrected chi connectivity index (χ2v) is 7.01. The van der Waals surface area contributed by atoms with Gasteiger partial charge in [0.25, 0.3) is 5.91 Å². The van der Waals surface area contributed by atoms with Crippen molar-refractivity contribution in [3.63, 3.8) is 0 Å². The van der Waals surface area contributed by atoms with Crippen LogP contribution in [0.25, 0.3) is 0 Å². The van der Waals surface area contributed by atoms with E-state index in [-0.39, 0.29) is 5.91 Å². The molecule has 122 valence electrons. The largest absolute Gasteiger partial charge is 0.398 e. The number of benzene rings is 2. The standard InChI is InChI=1S/C20H20N2OS/c1-15-18(21)12-19(24-15)20(23)22(13-16-8-4-2-5-9-16)14-17-10-6-3-7-11-17/h2-12H,13-14,21H2,1H3. The Balaban J connectivity index is 1.87. The summed E-state index contributed by atoms with van der Waals surface area (Å²) in [6, 6.07) is 21.9. The minimum absolute atomic E-state index is 0.0208. The van der Waals surface area contributed by atoms with Crippen molar-refractivity contribution in [3.05, 3.63) is 87.6 Å². The third-order valence-electron chi connectivity index (χ3n) is 3.89. The molecule has 0 saturated carbocycles. The van der Waals surface area contributed by atoms with Crippen LogP contribution in [0.3, 0.4) is 0 Å². The molecule has 0 aliphatic rings. The molecule has 0 aliphatic heterocycles. The van der Waals surface area contributed by atoms with E-state index in [1.807, 2.05) is 72.5 Å². The number of nitrogens with zero attached hydrogens (tertiary/aromatic N) is 1. The zero-order valence-electron chi connectivity index (χ0n) is 13.6. The number of carbonyl (C=O) groups excluding carboxylic acids is 1. The van der Waals surface area contributed by atoms with Gasteiger partial charge in [-0.15, -0.1) is 11.3 Å². The van der Waals surface area contributed by atoms with Crippen molar-refractivity contribution in [3.8, 4) is 0 Å². The molecule has 3 rings (SSSR count). The van der Waals surface area contributed by atoms with E-state index in [1.54, 1.807) is 6.07 Å². The molecule has 1 amide bonds. The Kier molecular flexibility index (Phi) is 4.96. The molecule has 0 atom stereocenters. The maximum absolute atomic E-state index is 13.0. The average molecular weight is 336 g/mol. The molecule has 0 fully saturated rings. The van der Waals surface area contributed by atoms with Gasteiger partial charge in [-0.2, -0.15) is 0 Å². The number of aryl methyl sites for hydroxylation is 1. The molecule has 0 unspecified atom stereocenters. The SMILES string of the molecule is Cc1sc(C(=O)N(Cc2ccccc2)Cc2ccccc2)cc1N. The van der Waals surface area contributed by atoms with E-state index in [1.165, 1.54) is 11.3 Å². The number of thiophene rings is 1. The lowest BCUT2D eigenvalue weighted by Crippen LogP contribution is -2.29. The number of amides is 1. The highest BCUT2D eigenvalue weighted by Crippen LogP contribution is 2.26. The number of rotatable bonds is 5. The summed E-state index contributed by atoms with van der Waals surface area (Å²) in [5, 5.41) is 0. The van der Waals surface area contributed by atoms with Crippen molar-refractivity contribution in [1.82, 2.24) is 4.90 Å². The van der Waals surface area contributed by atoms with Gasteiger partial charge in [-0.05, 0) is 24.1 Å². The van der Waals surface area contributed by atoms with Gasteiger partial charge < -0.3 is 10.6 Å². The molecular weight excluding hydrogens is 316 g/mol. The monoisotopic (exact) mass is 336 g/mol. The Morgan fingerprint density at radius 2 is 1.46 bits per heavy atom. The molecule has 1 aromatic heterocycles. The summed E-state index contributed by atoms with van der Waals surface area (Å²) >= 11 is 1.46. The lowest BCUT2D eigenvalue weighted by Gasteiger charge is -2.22. The first-order valence-corrected chi connectivity index (χ1v) is 8.68. The summed E-state index contributed by atoms with van der Waals surface area (Å²) in [7, 11) is 0. The number of nitrogens with two attached hydrogens (primary N) is 1. The predicted octanol–water partition coefficient (Wildman–Crippen LogP) is 4.48. The van der Waals surface area contributed by atoms with Crippen LogP contribution in [0, 0.1) is 6.92 Å². The second-order valence-electron chi connectivity index (χ2n) is 5.75. The van der Waals surface area contributed by atoms with Crippen LogP contribution >= 0.6 is 11.3 Å². The zero-order valence-corrected chi connectivity index (χ0v) is 14.4. The fraction of sp³-hybridized carbons (Fsp3) is 0.150. The molecule has 24 heavy (non-hydrogen) atoms. The predicted molar refractivity (Wildman–Crippen MR) is 99.9 cm³/mol. The van der Waals surface area contributed by atoms with Crippen LogP contribution < -0.4 is 5.73 Å². The summed E-state index contributed by atoms with van der Waals surface area (Å²) < 4.78 is 0. The number of anilines is 1. The van der Waals surface area contributed by atoms with Crippen LogP contribution in [-0.2, 0) is 13.1 Å². The maximum atomic E-state index is 13.0. The lowest BCUT2D eigenvalue weighted by molar-refractivity contribution is 0.0735. The lowest BCUT2D eigenvalue weighted by atomic mass is 10.1. The van der Waals surface area contributed by atoms with Crippen LogP contribution in [-0.4, -0.2) is 10.8 Å². The Bertz CT molecular complexity index is 751. The Morgan fingerprint density at radius 1 is 0.958 bits per heavy atom. The topological polar surface area (TPSA) is 46.3 Å². The minimum atomic E-state index is 0.0208. The quantitative estimate of drug-likeness (QED) is 0.746. The van der Waals surface area contributed by atoms with E-state index in [4.69, 9.17) is 5.73 Å². The van der Waals surface area contributed by atoms with E-state index in [0.717, 1.165) is 16.0 Å². The smallest absolute Gasteiger partial charge is 0.264 e. The molecule has 3 aromatic rings. The van der Waals surface area contributed by atoms with Crippen LogP contribution in [0.4, 0.5) is 5.69 Å². The first kappa shape index (κ1) is 16.3. The molecule has 0 aliphatic carbocycles. The van der Waals surface area contributed by atoms with Gasteiger partial charge in [-0.25, -0.2) is 0 Å². The third kappa shape index (κ3) is 3.84. The molecule has 0 saturated heterocycles. The van der Waals surface area contributed by atoms with Crippen molar-refractivity contribution in [2.75, 3.05) is 5.73 Å². The third-order valence-corrected chi connectivity index (χ3v) is 4.94. The number of nitrogen functional groups attached to an aromatic ring is 1. The van der Waals surface area contributed by atoms with Crippen molar-refractivity contribution in [1.29, 1.82) is 0 Å². The van der Waals surface area contributed by atoms with Crippen LogP contribution in [0.15, 0.2) is 66.7 Å². The van der Waals surface area contributed by atoms with E-state index < -0.39 is 0 Å². The number of carbonyl (C=O) groups is 1. The number of hydrogen-bond acceptors (Lipinski definition) is 3. The molecule has 2 N–H and O–H groups in total. The van der Waals surface area contributed by atoms with Crippen LogP contribution in [0.1, 0.15) is 25.7 Å². The van der Waals surface area contributed by atoms with Crippen LogP contribution in [0.5, 0.6) is 0 Å². The summed E-state index contributed by atoms with van der Waals surface area (Å²) in [6.07, 6.45) is 0. The molecule has 3 nitrogen and oxygen atoms in total. The highest BCUT2D eigenvalue weighted by atomic mass is 32.1. The molecular formula is C20H20N2OS. The van der Waals surface area contributed by atoms with Crippen molar-refractivity contribution in [2.24, 2.45) is 0 Å². The summed E-state index contributed by atoms with van der Waals surface area (Å²) in [6.45, 7) is 3.09. The second kappa shape index (κ2) is 7.32. The molecule has 0 spiro atoms. The first-order chi connectivity index (χ1) is 11.6. The fourth-order valence-electron chi connectivity index (χ4n) is 2.56. The molecule has 0 radical (unpaired) electrons. The normalized spacial score (nSPS) is 10.5. The van der Waals surface area contributed by atoms with Crippen molar-refractivity contribution >= 4 is 22.9 Å². The summed E-state index contributed by atoms with van der Waals surface area (Å²) in [5.74, 6) is 0.0208. The Labute approximate surface area is 146 Å². The van der Waals surface area contributed by atoms with E-state index in [2.05, 4.69) is 0 Å². The Hall–Kier alpha value is -2.59. The van der Waals surface area contributed by atoms with Gasteiger partial charge >= 0.3 is 0 Å². The molecule has 1 heterocycles. The van der Waals surface area contributed by atoms with Gasteiger partial charge in [0, 0.05) is 23.7 Å². The van der Waals surface area contributed by atoms with Crippen molar-refractivity contribution < 1.29 is 4.79 Å². The highest BCUT2D eigenvalue weighted by molar-refractivity contribution is 7.14. The van der Waals surface area contributed by atoms with Gasteiger partial charge in [0.05, 0.1) is 4.88 Å². The summed E-state index contributed by atoms with van der Waals surface area (Å²) in [5.41, 5.74) is 8.83. The zero-order chi connectivity index (χ0) is 16.9. The molecule has 2 aromatic carbocycles. The minimum Gasteiger partial charge on any atom is -0.398 e. The number of hydrogen-bond donors (Lipinski definition) is 1. The average Bonchev–Trinajstić information content (AvgIpc) is 2.94. The van der Waals surface area contributed by atoms with Crippen molar-refractivity contribution in [2.45, 2.75) is 20.0 Å². The van der Waals surface area contributed by atoms with E-state index in [0.29, 0.717) is 23.7 Å². The maximum Gasteiger partial charge on any atom is 0.264 e. The van der Waals surface area contributed by atoms with Gasteiger partial charge in [0.15, 0.2) is 0 Å². The van der Waals surface area contributed by atoms with Gasteiger partial charge in [0.1, 0.15) is 0 Å². The first-order valence-electron chi connectivity index (χ1n) is 7.86. The van der Waals surface area contributed by atoms with E-state index >= 15 is 0 Å². The molecule has 0 bridgehead atoms. The van der Waals surface area contributed by atoms with Gasteiger partial charge in [0.2, 0.25) is 0 Å². The Morgan fingerprint density at radius 3 is 1.88 bits per heavy atom. The van der Waals surface area contributed by atoms with Gasteiger partial charge in [-0.3, -0.25) is 4.79 Å². The van der Waals surface area contributed by atoms with Gasteiger partial charge in [-0.1, -0.05) is 60.7 Å². The summed E-state index contributed by atoms with van der Waals surface area (Å²) in [4.78, 5) is 16.5. The molecule has 4 heteroatoms. The van der Waals surface area contributed by atoms with E-state index in [9.17, 15) is 4.79 Å². The van der Waals surface area contributed by atoms with Crippen LogP contribution in [0.2, 0.25) is 0 Å². The fourth-order valence-corrected chi connectivity index (χ4v) is 3.47.